The van der Waals surface area contributed by atoms with E-state index in [9.17, 15) is 4.79 Å². The Labute approximate surface area is 198 Å². The molecule has 1 aromatic heterocycles. The van der Waals surface area contributed by atoms with Gasteiger partial charge in [0.15, 0.2) is 5.16 Å². The number of carbonyl (C=O) groups excluding carboxylic acids is 1. The number of piperidine rings is 1. The molecule has 33 heavy (non-hydrogen) atoms. The number of nitrogens with zero attached hydrogens (tertiary/aromatic N) is 5. The summed E-state index contributed by atoms with van der Waals surface area (Å²) in [5.41, 5.74) is 3.48. The minimum absolute atomic E-state index is 0.128. The maximum absolute atomic E-state index is 13.1. The molecule has 0 radical (unpaired) electrons. The average Bonchev–Trinajstić information content (AvgIpc) is 3.31. The molecule has 1 fully saturated rings. The highest BCUT2D eigenvalue weighted by Crippen LogP contribution is 2.33. The second-order valence-corrected chi connectivity index (χ2v) is 9.40. The number of thioether (sulfide) groups is 1. The molecule has 0 saturated carbocycles. The van der Waals surface area contributed by atoms with Crippen molar-refractivity contribution < 1.29 is 9.53 Å². The van der Waals surface area contributed by atoms with Crippen molar-refractivity contribution in [3.05, 3.63) is 59.7 Å². The van der Waals surface area contributed by atoms with Gasteiger partial charge in [-0.2, -0.15) is 0 Å². The third-order valence-electron chi connectivity index (χ3n) is 6.39. The number of methoxy groups -OCH3 is 1. The van der Waals surface area contributed by atoms with Crippen LogP contribution in [0.25, 0.3) is 5.69 Å². The Morgan fingerprint density at radius 3 is 2.55 bits per heavy atom. The Morgan fingerprint density at radius 1 is 0.970 bits per heavy atom. The fraction of sp³-hybridized carbons (Fsp3) is 0.400. The van der Waals surface area contributed by atoms with Crippen LogP contribution < -0.4 is 9.64 Å². The van der Waals surface area contributed by atoms with Gasteiger partial charge >= 0.3 is 0 Å². The van der Waals surface area contributed by atoms with Gasteiger partial charge in [-0.3, -0.25) is 9.36 Å². The maximum atomic E-state index is 13.1. The highest BCUT2D eigenvalue weighted by molar-refractivity contribution is 7.99. The summed E-state index contributed by atoms with van der Waals surface area (Å²) in [5.74, 6) is 2.04. The van der Waals surface area contributed by atoms with Crippen LogP contribution in [0.3, 0.4) is 0 Å². The van der Waals surface area contributed by atoms with Gasteiger partial charge in [-0.25, -0.2) is 0 Å². The first-order valence-corrected chi connectivity index (χ1v) is 12.5. The summed E-state index contributed by atoms with van der Waals surface area (Å²) < 4.78 is 7.69. The van der Waals surface area contributed by atoms with E-state index in [0.29, 0.717) is 17.5 Å². The zero-order valence-electron chi connectivity index (χ0n) is 18.9. The normalized spacial score (nSPS) is 15.9. The Bertz CT molecular complexity index is 1130. The lowest BCUT2D eigenvalue weighted by Gasteiger charge is -2.29. The first-order valence-electron chi connectivity index (χ1n) is 11.6. The van der Waals surface area contributed by atoms with E-state index in [1.54, 1.807) is 7.11 Å². The van der Waals surface area contributed by atoms with E-state index in [-0.39, 0.29) is 5.91 Å². The summed E-state index contributed by atoms with van der Waals surface area (Å²) in [4.78, 5) is 17.3. The molecule has 0 N–H and O–H groups in total. The van der Waals surface area contributed by atoms with Crippen LogP contribution in [0, 0.1) is 0 Å². The molecule has 2 aliphatic heterocycles. The van der Waals surface area contributed by atoms with Crippen molar-refractivity contribution in [2.75, 3.05) is 37.4 Å². The third kappa shape index (κ3) is 4.57. The van der Waals surface area contributed by atoms with Crippen LogP contribution in [-0.4, -0.2) is 58.1 Å². The second-order valence-electron chi connectivity index (χ2n) is 8.46. The predicted octanol–water partition coefficient (Wildman–Crippen LogP) is 3.94. The van der Waals surface area contributed by atoms with Crippen LogP contribution in [0.4, 0.5) is 5.95 Å². The van der Waals surface area contributed by atoms with Crippen LogP contribution >= 0.6 is 11.8 Å². The van der Waals surface area contributed by atoms with Gasteiger partial charge in [-0.05, 0) is 48.9 Å². The van der Waals surface area contributed by atoms with Crippen molar-refractivity contribution in [1.29, 1.82) is 0 Å². The standard InChI is InChI=1S/C25H29N5O2S/c1-32-22-12-6-5-11-21(22)30-24(28-14-7-2-8-15-28)26-27-25(30)33-18-23(31)29-16-13-19-9-3-4-10-20(19)17-29/h3-6,9-12H,2,7-8,13-18H2,1H3. The average molecular weight is 464 g/mol. The number of benzene rings is 2. The molecular formula is C25H29N5O2S. The molecule has 3 heterocycles. The maximum Gasteiger partial charge on any atom is 0.233 e. The second kappa shape index (κ2) is 9.87. The number of anilines is 1. The molecule has 1 saturated heterocycles. The topological polar surface area (TPSA) is 63.5 Å². The van der Waals surface area contributed by atoms with Crippen molar-refractivity contribution in [1.82, 2.24) is 19.7 Å². The number of amides is 1. The van der Waals surface area contributed by atoms with Crippen molar-refractivity contribution in [3.8, 4) is 11.4 Å². The molecular weight excluding hydrogens is 434 g/mol. The number of fused-ring (bicyclic) bond motifs is 1. The van der Waals surface area contributed by atoms with Gasteiger partial charge in [0.2, 0.25) is 11.9 Å². The van der Waals surface area contributed by atoms with Crippen LogP contribution in [0.1, 0.15) is 30.4 Å². The summed E-state index contributed by atoms with van der Waals surface area (Å²) in [6.45, 7) is 3.36. The van der Waals surface area contributed by atoms with Gasteiger partial charge in [-0.1, -0.05) is 48.2 Å². The zero-order valence-corrected chi connectivity index (χ0v) is 19.8. The number of hydrogen-bond acceptors (Lipinski definition) is 6. The molecule has 7 nitrogen and oxygen atoms in total. The van der Waals surface area contributed by atoms with Gasteiger partial charge in [0, 0.05) is 26.2 Å². The molecule has 5 rings (SSSR count). The lowest BCUT2D eigenvalue weighted by molar-refractivity contribution is -0.129. The molecule has 172 valence electrons. The first kappa shape index (κ1) is 21.8. The summed E-state index contributed by atoms with van der Waals surface area (Å²) in [5, 5.41) is 9.77. The molecule has 0 atom stereocenters. The van der Waals surface area contributed by atoms with Crippen molar-refractivity contribution >= 4 is 23.6 Å². The summed E-state index contributed by atoms with van der Waals surface area (Å²) in [6.07, 6.45) is 4.45. The van der Waals surface area contributed by atoms with Gasteiger partial charge in [0.05, 0.1) is 18.6 Å². The van der Waals surface area contributed by atoms with Crippen molar-refractivity contribution in [3.63, 3.8) is 0 Å². The number of aromatic nitrogens is 3. The number of ether oxygens (including phenoxy) is 1. The molecule has 8 heteroatoms. The summed E-state index contributed by atoms with van der Waals surface area (Å²) >= 11 is 1.44. The lowest BCUT2D eigenvalue weighted by Crippen LogP contribution is -2.37. The van der Waals surface area contributed by atoms with E-state index in [4.69, 9.17) is 4.74 Å². The van der Waals surface area contributed by atoms with Gasteiger partial charge in [-0.15, -0.1) is 10.2 Å². The third-order valence-corrected chi connectivity index (χ3v) is 7.30. The largest absolute Gasteiger partial charge is 0.495 e. The van der Waals surface area contributed by atoms with Crippen LogP contribution in [0.5, 0.6) is 5.75 Å². The zero-order chi connectivity index (χ0) is 22.6. The highest BCUT2D eigenvalue weighted by Gasteiger charge is 2.25. The van der Waals surface area contributed by atoms with E-state index in [0.717, 1.165) is 56.3 Å². The fourth-order valence-corrected chi connectivity index (χ4v) is 5.45. The van der Waals surface area contributed by atoms with Crippen LogP contribution in [0.15, 0.2) is 53.7 Å². The quantitative estimate of drug-likeness (QED) is 0.516. The minimum Gasteiger partial charge on any atom is -0.495 e. The number of rotatable bonds is 6. The van der Waals surface area contributed by atoms with Gasteiger partial charge < -0.3 is 14.5 Å². The highest BCUT2D eigenvalue weighted by atomic mass is 32.2. The lowest BCUT2D eigenvalue weighted by atomic mass is 10.00. The van der Waals surface area contributed by atoms with E-state index < -0.39 is 0 Å². The first-order chi connectivity index (χ1) is 16.2. The van der Waals surface area contributed by atoms with Gasteiger partial charge in [0.25, 0.3) is 0 Å². The SMILES string of the molecule is COc1ccccc1-n1c(SCC(=O)N2CCc3ccccc3C2)nnc1N1CCCCC1. The number of carbonyl (C=O) groups is 1. The minimum atomic E-state index is 0.128. The molecule has 0 unspecified atom stereocenters. The van der Waals surface area contributed by atoms with E-state index in [1.165, 1.54) is 29.3 Å². The Kier molecular flexibility index (Phi) is 6.53. The van der Waals surface area contributed by atoms with Crippen LogP contribution in [-0.2, 0) is 17.8 Å². The Hall–Kier alpha value is -3.00. The summed E-state index contributed by atoms with van der Waals surface area (Å²) in [7, 11) is 1.67. The predicted molar refractivity (Wildman–Crippen MR) is 130 cm³/mol. The number of para-hydroxylation sites is 2. The van der Waals surface area contributed by atoms with Crippen molar-refractivity contribution in [2.24, 2.45) is 0 Å². The molecule has 2 aromatic carbocycles. The Balaban J connectivity index is 1.38. The van der Waals surface area contributed by atoms with Crippen molar-refractivity contribution in [2.45, 2.75) is 37.4 Å². The number of hydrogen-bond donors (Lipinski definition) is 0. The van der Waals surface area contributed by atoms with Crippen LogP contribution in [0.2, 0.25) is 0 Å². The monoisotopic (exact) mass is 463 g/mol. The molecule has 0 spiro atoms. The Morgan fingerprint density at radius 2 is 1.73 bits per heavy atom. The van der Waals surface area contributed by atoms with Gasteiger partial charge in [0.1, 0.15) is 5.75 Å². The van der Waals surface area contributed by atoms with E-state index >= 15 is 0 Å². The molecule has 0 bridgehead atoms. The molecule has 1 amide bonds. The fourth-order valence-electron chi connectivity index (χ4n) is 4.61. The smallest absolute Gasteiger partial charge is 0.233 e. The van der Waals surface area contributed by atoms with E-state index in [2.05, 4.69) is 33.3 Å². The van der Waals surface area contributed by atoms with E-state index in [1.807, 2.05) is 39.8 Å². The molecule has 2 aliphatic rings. The summed E-state index contributed by atoms with van der Waals surface area (Å²) in [6, 6.07) is 16.3. The molecule has 0 aliphatic carbocycles. The molecule has 3 aromatic rings.